The molecule has 1 aromatic heterocycles. The summed E-state index contributed by atoms with van der Waals surface area (Å²) in [7, 11) is 0. The third kappa shape index (κ3) is 7.75. The number of nitrogens with one attached hydrogen (secondary N) is 1. The zero-order chi connectivity index (χ0) is 15.5. The van der Waals surface area contributed by atoms with Gasteiger partial charge in [-0.3, -0.25) is 0 Å². The van der Waals surface area contributed by atoms with Gasteiger partial charge in [-0.2, -0.15) is 4.98 Å². The number of nitrogens with two attached hydrogens (primary N) is 1. The highest BCUT2D eigenvalue weighted by atomic mass is 16.5. The first-order chi connectivity index (χ1) is 10.1. The number of nitrogens with zero attached hydrogens (tertiary/aromatic N) is 1. The number of anilines is 2. The minimum atomic E-state index is 0.447. The predicted octanol–water partition coefficient (Wildman–Crippen LogP) is 3.32. The van der Waals surface area contributed by atoms with E-state index in [1.807, 2.05) is 12.1 Å². The Labute approximate surface area is 128 Å². The predicted molar refractivity (Wildman–Crippen MR) is 87.8 cm³/mol. The molecule has 0 fully saturated rings. The van der Waals surface area contributed by atoms with Gasteiger partial charge in [-0.25, -0.2) is 0 Å². The van der Waals surface area contributed by atoms with Crippen molar-refractivity contribution in [2.24, 2.45) is 5.92 Å². The summed E-state index contributed by atoms with van der Waals surface area (Å²) in [6.07, 6.45) is 3.26. The monoisotopic (exact) mass is 295 g/mol. The van der Waals surface area contributed by atoms with E-state index < -0.39 is 0 Å². The number of hydrogen-bond acceptors (Lipinski definition) is 5. The van der Waals surface area contributed by atoms with E-state index in [4.69, 9.17) is 15.2 Å². The fourth-order valence-corrected chi connectivity index (χ4v) is 1.65. The quantitative estimate of drug-likeness (QED) is 0.613. The zero-order valence-corrected chi connectivity index (χ0v) is 13.5. The number of pyridine rings is 1. The molecule has 120 valence electrons. The standard InChI is InChI=1S/C16H29N3O2/c1-4-5-10-20-11-6-9-18-15-8-7-14(17)16(19-15)21-12-13(2)3/h7-8,13H,4-6,9-12,17H2,1-3H3,(H,18,19). The Morgan fingerprint density at radius 3 is 2.71 bits per heavy atom. The average Bonchev–Trinajstić information content (AvgIpc) is 2.46. The first-order valence-electron chi connectivity index (χ1n) is 7.84. The lowest BCUT2D eigenvalue weighted by Gasteiger charge is -2.12. The van der Waals surface area contributed by atoms with Crippen LogP contribution in [0.4, 0.5) is 11.5 Å². The van der Waals surface area contributed by atoms with Gasteiger partial charge >= 0.3 is 0 Å². The van der Waals surface area contributed by atoms with Gasteiger partial charge in [-0.1, -0.05) is 27.2 Å². The van der Waals surface area contributed by atoms with Gasteiger partial charge in [-0.05, 0) is 30.9 Å². The Morgan fingerprint density at radius 2 is 2.00 bits per heavy atom. The molecule has 0 aromatic carbocycles. The van der Waals surface area contributed by atoms with Gasteiger partial charge in [0.2, 0.25) is 5.88 Å². The maximum Gasteiger partial charge on any atom is 0.239 e. The highest BCUT2D eigenvalue weighted by molar-refractivity contribution is 5.53. The molecule has 0 aliphatic carbocycles. The molecular formula is C16H29N3O2. The van der Waals surface area contributed by atoms with Crippen LogP contribution < -0.4 is 15.8 Å². The van der Waals surface area contributed by atoms with E-state index in [1.54, 1.807) is 0 Å². The van der Waals surface area contributed by atoms with Gasteiger partial charge in [0.05, 0.1) is 12.3 Å². The van der Waals surface area contributed by atoms with Crippen LogP contribution >= 0.6 is 0 Å². The number of rotatable bonds is 11. The second-order valence-corrected chi connectivity index (χ2v) is 5.54. The lowest BCUT2D eigenvalue weighted by atomic mass is 10.2. The molecule has 0 bridgehead atoms. The van der Waals surface area contributed by atoms with E-state index in [0.717, 1.165) is 38.4 Å². The van der Waals surface area contributed by atoms with E-state index in [2.05, 4.69) is 31.1 Å². The fraction of sp³-hybridized carbons (Fsp3) is 0.688. The molecule has 5 heteroatoms. The average molecular weight is 295 g/mol. The van der Waals surface area contributed by atoms with Crippen molar-refractivity contribution >= 4 is 11.5 Å². The van der Waals surface area contributed by atoms with Crippen molar-refractivity contribution < 1.29 is 9.47 Å². The minimum absolute atomic E-state index is 0.447. The van der Waals surface area contributed by atoms with Crippen LogP contribution in [0.2, 0.25) is 0 Å². The highest BCUT2D eigenvalue weighted by Gasteiger charge is 2.05. The van der Waals surface area contributed by atoms with Gasteiger partial charge in [0.25, 0.3) is 0 Å². The number of ether oxygens (including phenoxy) is 2. The topological polar surface area (TPSA) is 69.4 Å². The largest absolute Gasteiger partial charge is 0.476 e. The SMILES string of the molecule is CCCCOCCCNc1ccc(N)c(OCC(C)C)n1. The molecule has 0 unspecified atom stereocenters. The molecule has 0 aliphatic rings. The van der Waals surface area contributed by atoms with Crippen LogP contribution in [-0.2, 0) is 4.74 Å². The highest BCUT2D eigenvalue weighted by Crippen LogP contribution is 2.21. The van der Waals surface area contributed by atoms with Crippen LogP contribution in [0.3, 0.4) is 0 Å². The second-order valence-electron chi connectivity index (χ2n) is 5.54. The number of aromatic nitrogens is 1. The molecule has 0 saturated carbocycles. The van der Waals surface area contributed by atoms with Gasteiger partial charge in [0.15, 0.2) is 0 Å². The molecule has 0 radical (unpaired) electrons. The van der Waals surface area contributed by atoms with Crippen LogP contribution in [0.15, 0.2) is 12.1 Å². The molecule has 1 aromatic rings. The Balaban J connectivity index is 2.30. The van der Waals surface area contributed by atoms with Gasteiger partial charge in [0, 0.05) is 19.8 Å². The van der Waals surface area contributed by atoms with Crippen LogP contribution in [-0.4, -0.2) is 31.3 Å². The number of unbranched alkanes of at least 4 members (excludes halogenated alkanes) is 1. The smallest absolute Gasteiger partial charge is 0.239 e. The maximum absolute atomic E-state index is 5.86. The number of nitrogen functional groups attached to an aromatic ring is 1. The van der Waals surface area contributed by atoms with E-state index in [-0.39, 0.29) is 0 Å². The Bertz CT molecular complexity index is 397. The number of hydrogen-bond donors (Lipinski definition) is 2. The lowest BCUT2D eigenvalue weighted by molar-refractivity contribution is 0.131. The van der Waals surface area contributed by atoms with E-state index in [9.17, 15) is 0 Å². The van der Waals surface area contributed by atoms with Crippen molar-refractivity contribution in [3.05, 3.63) is 12.1 Å². The summed E-state index contributed by atoms with van der Waals surface area (Å²) in [5, 5.41) is 3.26. The first-order valence-corrected chi connectivity index (χ1v) is 7.84. The Morgan fingerprint density at radius 1 is 1.24 bits per heavy atom. The third-order valence-corrected chi connectivity index (χ3v) is 2.86. The molecule has 0 saturated heterocycles. The summed E-state index contributed by atoms with van der Waals surface area (Å²) in [5.74, 6) is 1.74. The summed E-state index contributed by atoms with van der Waals surface area (Å²) < 4.78 is 11.1. The van der Waals surface area contributed by atoms with Gasteiger partial charge < -0.3 is 20.5 Å². The van der Waals surface area contributed by atoms with Gasteiger partial charge in [-0.15, -0.1) is 0 Å². The van der Waals surface area contributed by atoms with Crippen molar-refractivity contribution in [3.8, 4) is 5.88 Å². The molecule has 0 atom stereocenters. The van der Waals surface area contributed by atoms with Crippen molar-refractivity contribution in [1.29, 1.82) is 0 Å². The van der Waals surface area contributed by atoms with Crippen LogP contribution in [0.1, 0.15) is 40.0 Å². The molecule has 1 rings (SSSR count). The van der Waals surface area contributed by atoms with E-state index in [1.165, 1.54) is 6.42 Å². The van der Waals surface area contributed by atoms with E-state index in [0.29, 0.717) is 24.1 Å². The molecule has 5 nitrogen and oxygen atoms in total. The molecule has 0 aliphatic heterocycles. The molecule has 1 heterocycles. The summed E-state index contributed by atoms with van der Waals surface area (Å²) >= 11 is 0. The lowest BCUT2D eigenvalue weighted by Crippen LogP contribution is -2.10. The maximum atomic E-state index is 5.86. The molecule has 21 heavy (non-hydrogen) atoms. The van der Waals surface area contributed by atoms with Crippen LogP contribution in [0.5, 0.6) is 5.88 Å². The zero-order valence-electron chi connectivity index (χ0n) is 13.5. The summed E-state index contributed by atoms with van der Waals surface area (Å²) in [6, 6.07) is 3.69. The van der Waals surface area contributed by atoms with E-state index >= 15 is 0 Å². The van der Waals surface area contributed by atoms with Crippen molar-refractivity contribution in [2.45, 2.75) is 40.0 Å². The fourth-order valence-electron chi connectivity index (χ4n) is 1.65. The molecular weight excluding hydrogens is 266 g/mol. The van der Waals surface area contributed by atoms with Crippen molar-refractivity contribution in [2.75, 3.05) is 37.4 Å². The summed E-state index contributed by atoms with van der Waals surface area (Å²) in [4.78, 5) is 4.39. The van der Waals surface area contributed by atoms with Crippen LogP contribution in [0.25, 0.3) is 0 Å². The summed E-state index contributed by atoms with van der Waals surface area (Å²) in [5.41, 5.74) is 6.44. The Kier molecular flexibility index (Phi) is 8.59. The molecule has 0 amide bonds. The molecule has 0 spiro atoms. The van der Waals surface area contributed by atoms with Gasteiger partial charge in [0.1, 0.15) is 5.82 Å². The molecule has 3 N–H and O–H groups in total. The normalized spacial score (nSPS) is 10.9. The second kappa shape index (κ2) is 10.3. The summed E-state index contributed by atoms with van der Waals surface area (Å²) in [6.45, 7) is 9.42. The van der Waals surface area contributed by atoms with Crippen molar-refractivity contribution in [3.63, 3.8) is 0 Å². The van der Waals surface area contributed by atoms with Crippen LogP contribution in [0, 0.1) is 5.92 Å². The third-order valence-electron chi connectivity index (χ3n) is 2.86. The Hall–Kier alpha value is -1.49. The first kappa shape index (κ1) is 17.6. The van der Waals surface area contributed by atoms with Crippen molar-refractivity contribution in [1.82, 2.24) is 4.98 Å². The minimum Gasteiger partial charge on any atom is -0.476 e.